The van der Waals surface area contributed by atoms with Crippen molar-refractivity contribution >= 4 is 23.7 Å². The first kappa shape index (κ1) is 19.3. The van der Waals surface area contributed by atoms with Crippen molar-refractivity contribution in [1.29, 1.82) is 0 Å². The Hall–Kier alpha value is -2.65. The van der Waals surface area contributed by atoms with E-state index >= 15 is 0 Å². The molecular formula is C21H24N6O2S. The molecule has 0 unspecified atom stereocenters. The molecule has 156 valence electrons. The summed E-state index contributed by atoms with van der Waals surface area (Å²) in [5, 5.41) is 0. The van der Waals surface area contributed by atoms with Crippen LogP contribution in [0.3, 0.4) is 0 Å². The highest BCUT2D eigenvalue weighted by atomic mass is 32.2. The van der Waals surface area contributed by atoms with Gasteiger partial charge in [0.25, 0.3) is 0 Å². The molecule has 0 spiro atoms. The van der Waals surface area contributed by atoms with Crippen molar-refractivity contribution in [1.82, 2.24) is 19.9 Å². The molecule has 0 atom stereocenters. The van der Waals surface area contributed by atoms with Crippen LogP contribution in [0.5, 0.6) is 0 Å². The Morgan fingerprint density at radius 3 is 2.43 bits per heavy atom. The molecule has 0 N–H and O–H groups in total. The molecule has 3 aromatic heterocycles. The van der Waals surface area contributed by atoms with Crippen molar-refractivity contribution in [2.45, 2.75) is 6.92 Å². The summed E-state index contributed by atoms with van der Waals surface area (Å²) >= 11 is 1.97. The number of ether oxygens (including phenoxy) is 1. The molecule has 0 saturated carbocycles. The average molecular weight is 425 g/mol. The highest BCUT2D eigenvalue weighted by Gasteiger charge is 2.21. The van der Waals surface area contributed by atoms with E-state index in [-0.39, 0.29) is 0 Å². The largest absolute Gasteiger partial charge is 0.469 e. The van der Waals surface area contributed by atoms with Gasteiger partial charge in [0.05, 0.1) is 30.9 Å². The fourth-order valence-corrected chi connectivity index (χ4v) is 4.63. The number of aromatic nitrogens is 4. The molecule has 5 heterocycles. The van der Waals surface area contributed by atoms with Crippen molar-refractivity contribution in [3.63, 3.8) is 0 Å². The van der Waals surface area contributed by atoms with Crippen molar-refractivity contribution in [3.8, 4) is 22.5 Å². The Labute approximate surface area is 179 Å². The maximum absolute atomic E-state index is 5.58. The monoisotopic (exact) mass is 424 g/mol. The zero-order chi connectivity index (χ0) is 20.3. The fraction of sp³-hybridized carbons (Fsp3) is 0.429. The van der Waals surface area contributed by atoms with Gasteiger partial charge in [-0.3, -0.25) is 0 Å². The standard InChI is InChI=1S/C21H24N6O2S/c1-15-16(3-9-29-15)19-17(14-23-21(25-19)27-7-12-30-13-8-27)18-2-4-22-20(24-18)26-5-10-28-11-6-26/h2-4,9,14H,5-8,10-13H2,1H3. The van der Waals surface area contributed by atoms with E-state index in [0.29, 0.717) is 19.2 Å². The normalized spacial score (nSPS) is 17.4. The molecule has 8 nitrogen and oxygen atoms in total. The molecular weight excluding hydrogens is 400 g/mol. The highest BCUT2D eigenvalue weighted by Crippen LogP contribution is 2.33. The summed E-state index contributed by atoms with van der Waals surface area (Å²) in [6.07, 6.45) is 5.39. The Balaban J connectivity index is 1.56. The zero-order valence-corrected chi connectivity index (χ0v) is 17.8. The van der Waals surface area contributed by atoms with E-state index in [1.165, 1.54) is 0 Å². The van der Waals surface area contributed by atoms with Crippen LogP contribution >= 0.6 is 11.8 Å². The summed E-state index contributed by atoms with van der Waals surface area (Å²) in [6.45, 7) is 6.85. The number of hydrogen-bond acceptors (Lipinski definition) is 9. The quantitative estimate of drug-likeness (QED) is 0.628. The topological polar surface area (TPSA) is 80.4 Å². The third kappa shape index (κ3) is 3.87. The van der Waals surface area contributed by atoms with Gasteiger partial charge in [-0.2, -0.15) is 11.8 Å². The van der Waals surface area contributed by atoms with Gasteiger partial charge in [-0.05, 0) is 19.1 Å². The Morgan fingerprint density at radius 2 is 1.67 bits per heavy atom. The molecule has 0 aromatic carbocycles. The first-order valence-electron chi connectivity index (χ1n) is 10.2. The number of rotatable bonds is 4. The molecule has 2 saturated heterocycles. The maximum Gasteiger partial charge on any atom is 0.226 e. The lowest BCUT2D eigenvalue weighted by atomic mass is 10.1. The average Bonchev–Trinajstić information content (AvgIpc) is 3.25. The predicted molar refractivity (Wildman–Crippen MR) is 118 cm³/mol. The van der Waals surface area contributed by atoms with E-state index in [1.807, 2.05) is 37.0 Å². The minimum absolute atomic E-state index is 0.693. The second-order valence-corrected chi connectivity index (χ2v) is 8.49. The number of aryl methyl sites for hydroxylation is 1. The van der Waals surface area contributed by atoms with E-state index < -0.39 is 0 Å². The number of anilines is 2. The first-order chi connectivity index (χ1) is 14.8. The molecule has 2 aliphatic rings. The molecule has 30 heavy (non-hydrogen) atoms. The van der Waals surface area contributed by atoms with Crippen LogP contribution in [0.25, 0.3) is 22.5 Å². The summed E-state index contributed by atoms with van der Waals surface area (Å²) in [5.41, 5.74) is 3.50. The first-order valence-corrected chi connectivity index (χ1v) is 11.4. The van der Waals surface area contributed by atoms with E-state index in [0.717, 1.165) is 71.9 Å². The summed E-state index contributed by atoms with van der Waals surface area (Å²) in [5.74, 6) is 4.50. The molecule has 5 rings (SSSR count). The van der Waals surface area contributed by atoms with E-state index in [9.17, 15) is 0 Å². The second kappa shape index (κ2) is 8.61. The molecule has 0 radical (unpaired) electrons. The molecule has 3 aromatic rings. The van der Waals surface area contributed by atoms with Crippen LogP contribution in [-0.4, -0.2) is 70.8 Å². The lowest BCUT2D eigenvalue weighted by Gasteiger charge is -2.27. The van der Waals surface area contributed by atoms with Crippen LogP contribution in [0.2, 0.25) is 0 Å². The minimum Gasteiger partial charge on any atom is -0.469 e. The zero-order valence-electron chi connectivity index (χ0n) is 17.0. The molecule has 0 amide bonds. The van der Waals surface area contributed by atoms with Crippen molar-refractivity contribution in [2.24, 2.45) is 0 Å². The van der Waals surface area contributed by atoms with Gasteiger partial charge in [0.1, 0.15) is 5.76 Å². The summed E-state index contributed by atoms with van der Waals surface area (Å²) in [7, 11) is 0. The fourth-order valence-electron chi connectivity index (χ4n) is 3.73. The molecule has 2 fully saturated rings. The van der Waals surface area contributed by atoms with Gasteiger partial charge < -0.3 is 19.0 Å². The Bertz CT molecular complexity index is 1010. The van der Waals surface area contributed by atoms with Gasteiger partial charge in [0.2, 0.25) is 11.9 Å². The summed E-state index contributed by atoms with van der Waals surface area (Å²) in [6, 6.07) is 3.87. The number of thioether (sulfide) groups is 1. The van der Waals surface area contributed by atoms with Crippen LogP contribution in [0, 0.1) is 6.92 Å². The number of hydrogen-bond donors (Lipinski definition) is 0. The lowest BCUT2D eigenvalue weighted by Crippen LogP contribution is -2.37. The van der Waals surface area contributed by atoms with Gasteiger partial charge in [-0.25, -0.2) is 19.9 Å². The minimum atomic E-state index is 0.693. The predicted octanol–water partition coefficient (Wildman–Crippen LogP) is 2.89. The van der Waals surface area contributed by atoms with E-state index in [4.69, 9.17) is 24.1 Å². The van der Waals surface area contributed by atoms with E-state index in [2.05, 4.69) is 14.8 Å². The van der Waals surface area contributed by atoms with Crippen molar-refractivity contribution in [2.75, 3.05) is 60.7 Å². The van der Waals surface area contributed by atoms with E-state index in [1.54, 1.807) is 12.5 Å². The smallest absolute Gasteiger partial charge is 0.226 e. The number of morpholine rings is 1. The number of nitrogens with zero attached hydrogens (tertiary/aromatic N) is 6. The third-order valence-corrected chi connectivity index (χ3v) is 6.34. The third-order valence-electron chi connectivity index (χ3n) is 5.40. The van der Waals surface area contributed by atoms with Crippen molar-refractivity contribution in [3.05, 3.63) is 36.5 Å². The van der Waals surface area contributed by atoms with Crippen LogP contribution in [0.1, 0.15) is 5.76 Å². The molecule has 2 aliphatic heterocycles. The van der Waals surface area contributed by atoms with Gasteiger partial charge in [-0.1, -0.05) is 0 Å². The van der Waals surface area contributed by atoms with Crippen LogP contribution in [-0.2, 0) is 4.74 Å². The van der Waals surface area contributed by atoms with Crippen LogP contribution in [0.15, 0.2) is 35.2 Å². The summed E-state index contributed by atoms with van der Waals surface area (Å²) < 4.78 is 11.0. The highest BCUT2D eigenvalue weighted by molar-refractivity contribution is 7.99. The van der Waals surface area contributed by atoms with Gasteiger partial charge in [0.15, 0.2) is 0 Å². The van der Waals surface area contributed by atoms with Crippen LogP contribution in [0.4, 0.5) is 11.9 Å². The van der Waals surface area contributed by atoms with Crippen molar-refractivity contribution < 1.29 is 9.15 Å². The SMILES string of the molecule is Cc1occc1-c1nc(N2CCSCC2)ncc1-c1ccnc(N2CCOCC2)n1. The van der Waals surface area contributed by atoms with Gasteiger partial charge in [0, 0.05) is 61.2 Å². The molecule has 0 bridgehead atoms. The van der Waals surface area contributed by atoms with Crippen LogP contribution < -0.4 is 9.80 Å². The maximum atomic E-state index is 5.58. The van der Waals surface area contributed by atoms with Gasteiger partial charge >= 0.3 is 0 Å². The second-order valence-electron chi connectivity index (χ2n) is 7.26. The molecule has 9 heteroatoms. The summed E-state index contributed by atoms with van der Waals surface area (Å²) in [4.78, 5) is 23.4. The Morgan fingerprint density at radius 1 is 0.900 bits per heavy atom. The van der Waals surface area contributed by atoms with Gasteiger partial charge in [-0.15, -0.1) is 0 Å². The molecule has 0 aliphatic carbocycles. The lowest BCUT2D eigenvalue weighted by molar-refractivity contribution is 0.122. The number of furan rings is 1. The Kier molecular flexibility index (Phi) is 5.54.